The van der Waals surface area contributed by atoms with E-state index in [-0.39, 0.29) is 12.5 Å². The average molecular weight is 279 g/mol. The second kappa shape index (κ2) is 6.58. The predicted molar refractivity (Wildman–Crippen MR) is 82.4 cm³/mol. The number of amides is 1. The summed E-state index contributed by atoms with van der Waals surface area (Å²) in [6.45, 7) is 2.33. The summed E-state index contributed by atoms with van der Waals surface area (Å²) in [5, 5.41) is 8.95. The number of nitrogens with two attached hydrogens (primary N) is 1. The number of nitrogens with zero attached hydrogens (tertiary/aromatic N) is 2. The molecule has 2 aromatic rings. The molecule has 2 N–H and O–H groups in total. The molecule has 4 nitrogen and oxygen atoms in total. The predicted octanol–water partition coefficient (Wildman–Crippen LogP) is 2.74. The van der Waals surface area contributed by atoms with Crippen molar-refractivity contribution in [2.24, 2.45) is 0 Å². The minimum atomic E-state index is -0.184. The van der Waals surface area contributed by atoms with Crippen LogP contribution in [0, 0.1) is 18.3 Å². The molecule has 0 aromatic heterocycles. The fourth-order valence-corrected chi connectivity index (χ4v) is 2.21. The van der Waals surface area contributed by atoms with Crippen LogP contribution in [-0.2, 0) is 6.54 Å². The van der Waals surface area contributed by atoms with Crippen molar-refractivity contribution in [3.8, 4) is 6.07 Å². The van der Waals surface area contributed by atoms with Crippen molar-refractivity contribution >= 4 is 11.6 Å². The van der Waals surface area contributed by atoms with Crippen molar-refractivity contribution in [1.82, 2.24) is 4.90 Å². The van der Waals surface area contributed by atoms with Gasteiger partial charge in [0.05, 0.1) is 6.07 Å². The number of nitrogen functional groups attached to an aromatic ring is 1. The van der Waals surface area contributed by atoms with Crippen LogP contribution in [-0.4, -0.2) is 17.4 Å². The van der Waals surface area contributed by atoms with Crippen molar-refractivity contribution < 1.29 is 4.79 Å². The molecular weight excluding hydrogens is 262 g/mol. The van der Waals surface area contributed by atoms with Crippen LogP contribution in [0.25, 0.3) is 0 Å². The van der Waals surface area contributed by atoms with Crippen LogP contribution < -0.4 is 5.73 Å². The monoisotopic (exact) mass is 279 g/mol. The highest BCUT2D eigenvalue weighted by molar-refractivity contribution is 5.95. The molecule has 106 valence electrons. The summed E-state index contributed by atoms with van der Waals surface area (Å²) in [6, 6.07) is 16.9. The molecule has 0 aliphatic rings. The molecule has 21 heavy (non-hydrogen) atoms. The highest BCUT2D eigenvalue weighted by atomic mass is 16.2. The molecule has 0 radical (unpaired) electrons. The van der Waals surface area contributed by atoms with E-state index >= 15 is 0 Å². The molecule has 0 heterocycles. The Bertz CT molecular complexity index is 654. The van der Waals surface area contributed by atoms with Crippen LogP contribution in [0.15, 0.2) is 48.5 Å². The fourth-order valence-electron chi connectivity index (χ4n) is 2.21. The molecule has 0 atom stereocenters. The van der Waals surface area contributed by atoms with Crippen LogP contribution in [0.5, 0.6) is 0 Å². The smallest absolute Gasteiger partial charge is 0.255 e. The van der Waals surface area contributed by atoms with Crippen molar-refractivity contribution in [2.45, 2.75) is 13.5 Å². The first kappa shape index (κ1) is 14.6. The average Bonchev–Trinajstić information content (AvgIpc) is 2.46. The summed E-state index contributed by atoms with van der Waals surface area (Å²) >= 11 is 0. The lowest BCUT2D eigenvalue weighted by molar-refractivity contribution is 0.0765. The molecule has 0 unspecified atom stereocenters. The first-order valence-electron chi connectivity index (χ1n) is 6.67. The maximum absolute atomic E-state index is 12.6. The van der Waals surface area contributed by atoms with E-state index in [1.54, 1.807) is 12.1 Å². The molecule has 4 heteroatoms. The molecule has 0 saturated carbocycles. The Hall–Kier alpha value is -2.80. The van der Waals surface area contributed by atoms with Gasteiger partial charge in [0.15, 0.2) is 0 Å². The Morgan fingerprint density at radius 1 is 1.24 bits per heavy atom. The third kappa shape index (κ3) is 3.83. The molecule has 0 aliphatic carbocycles. The molecule has 0 saturated heterocycles. The molecule has 2 aromatic carbocycles. The Labute approximate surface area is 124 Å². The molecule has 2 rings (SSSR count). The number of anilines is 1. The number of hydrogen-bond donors (Lipinski definition) is 1. The standard InChI is InChI=1S/C17H17N3O/c1-13-9-15(11-16(19)10-13)17(21)20(8-7-18)12-14-5-3-2-4-6-14/h2-6,9-11H,8,12,19H2,1H3. The van der Waals surface area contributed by atoms with Crippen molar-refractivity contribution in [2.75, 3.05) is 12.3 Å². The van der Waals surface area contributed by atoms with Gasteiger partial charge in [-0.2, -0.15) is 5.26 Å². The summed E-state index contributed by atoms with van der Waals surface area (Å²) in [7, 11) is 0. The van der Waals surface area contributed by atoms with E-state index in [4.69, 9.17) is 11.0 Å². The first-order chi connectivity index (χ1) is 10.1. The van der Waals surface area contributed by atoms with Gasteiger partial charge in [0.1, 0.15) is 6.54 Å². The zero-order valence-corrected chi connectivity index (χ0v) is 11.9. The molecule has 1 amide bonds. The second-order valence-corrected chi connectivity index (χ2v) is 4.94. The van der Waals surface area contributed by atoms with E-state index in [0.29, 0.717) is 17.8 Å². The largest absolute Gasteiger partial charge is 0.399 e. The van der Waals surface area contributed by atoms with Gasteiger partial charge in [-0.1, -0.05) is 30.3 Å². The van der Waals surface area contributed by atoms with Gasteiger partial charge in [0, 0.05) is 17.8 Å². The highest BCUT2D eigenvalue weighted by Crippen LogP contribution is 2.15. The molecule has 0 aliphatic heterocycles. The molecule has 0 bridgehead atoms. The summed E-state index contributed by atoms with van der Waals surface area (Å²) in [5.41, 5.74) is 8.77. The first-order valence-corrected chi connectivity index (χ1v) is 6.67. The minimum absolute atomic E-state index is 0.0432. The van der Waals surface area contributed by atoms with Crippen LogP contribution in [0.3, 0.4) is 0 Å². The van der Waals surface area contributed by atoms with E-state index in [0.717, 1.165) is 11.1 Å². The van der Waals surface area contributed by atoms with E-state index in [2.05, 4.69) is 0 Å². The van der Waals surface area contributed by atoms with Crippen molar-refractivity contribution in [1.29, 1.82) is 5.26 Å². The number of hydrogen-bond acceptors (Lipinski definition) is 3. The third-order valence-corrected chi connectivity index (χ3v) is 3.11. The maximum Gasteiger partial charge on any atom is 0.255 e. The van der Waals surface area contributed by atoms with Gasteiger partial charge in [-0.25, -0.2) is 0 Å². The number of carbonyl (C=O) groups is 1. The number of rotatable bonds is 4. The van der Waals surface area contributed by atoms with Crippen LogP contribution in [0.1, 0.15) is 21.5 Å². The van der Waals surface area contributed by atoms with E-state index in [9.17, 15) is 4.79 Å². The molecule has 0 spiro atoms. The van der Waals surface area contributed by atoms with Crippen LogP contribution in [0.2, 0.25) is 0 Å². The molecule has 0 fully saturated rings. The third-order valence-electron chi connectivity index (χ3n) is 3.11. The van der Waals surface area contributed by atoms with Gasteiger partial charge in [0.25, 0.3) is 5.91 Å². The number of nitriles is 1. The topological polar surface area (TPSA) is 70.1 Å². The highest BCUT2D eigenvalue weighted by Gasteiger charge is 2.16. The van der Waals surface area contributed by atoms with Crippen LogP contribution >= 0.6 is 0 Å². The van der Waals surface area contributed by atoms with Gasteiger partial charge in [-0.15, -0.1) is 0 Å². The summed E-state index contributed by atoms with van der Waals surface area (Å²) in [5.74, 6) is -0.184. The van der Waals surface area contributed by atoms with Gasteiger partial charge >= 0.3 is 0 Å². The summed E-state index contributed by atoms with van der Waals surface area (Å²) < 4.78 is 0. The lowest BCUT2D eigenvalue weighted by Crippen LogP contribution is -2.31. The van der Waals surface area contributed by atoms with Gasteiger partial charge in [-0.3, -0.25) is 4.79 Å². The van der Waals surface area contributed by atoms with Crippen molar-refractivity contribution in [3.63, 3.8) is 0 Å². The lowest BCUT2D eigenvalue weighted by Gasteiger charge is -2.20. The molecular formula is C17H17N3O. The lowest BCUT2D eigenvalue weighted by atomic mass is 10.1. The Kier molecular flexibility index (Phi) is 4.57. The summed E-state index contributed by atoms with van der Waals surface area (Å²) in [6.07, 6.45) is 0. The van der Waals surface area contributed by atoms with Gasteiger partial charge in [-0.05, 0) is 36.2 Å². The zero-order chi connectivity index (χ0) is 15.2. The van der Waals surface area contributed by atoms with E-state index in [1.165, 1.54) is 4.90 Å². The number of carbonyl (C=O) groups excluding carboxylic acids is 1. The van der Waals surface area contributed by atoms with Crippen molar-refractivity contribution in [3.05, 3.63) is 65.2 Å². The normalized spacial score (nSPS) is 9.90. The zero-order valence-electron chi connectivity index (χ0n) is 11.9. The SMILES string of the molecule is Cc1cc(N)cc(C(=O)N(CC#N)Cc2ccccc2)c1. The second-order valence-electron chi connectivity index (χ2n) is 4.94. The minimum Gasteiger partial charge on any atom is -0.399 e. The van der Waals surface area contributed by atoms with E-state index < -0.39 is 0 Å². The Balaban J connectivity index is 2.25. The number of benzene rings is 2. The fraction of sp³-hybridized carbons (Fsp3) is 0.176. The Morgan fingerprint density at radius 3 is 2.57 bits per heavy atom. The maximum atomic E-state index is 12.6. The van der Waals surface area contributed by atoms with Gasteiger partial charge in [0.2, 0.25) is 0 Å². The quantitative estimate of drug-likeness (QED) is 0.691. The summed E-state index contributed by atoms with van der Waals surface area (Å²) in [4.78, 5) is 14.1. The van der Waals surface area contributed by atoms with E-state index in [1.807, 2.05) is 49.4 Å². The number of aryl methyl sites for hydroxylation is 1. The Morgan fingerprint density at radius 2 is 1.95 bits per heavy atom. The van der Waals surface area contributed by atoms with Crippen LogP contribution in [0.4, 0.5) is 5.69 Å². The van der Waals surface area contributed by atoms with Gasteiger partial charge < -0.3 is 10.6 Å².